The van der Waals surface area contributed by atoms with Gasteiger partial charge in [-0.15, -0.1) is 0 Å². The Balaban J connectivity index is 1.09. The van der Waals surface area contributed by atoms with Crippen molar-refractivity contribution < 1.29 is 28.8 Å². The second-order valence-corrected chi connectivity index (χ2v) is 14.7. The zero-order valence-corrected chi connectivity index (χ0v) is 32.3. The number of aliphatic hydroxyl groups is 1. The molecule has 10 nitrogen and oxygen atoms in total. The molecule has 1 aromatic heterocycles. The number of hydrogen-bond acceptors (Lipinski definition) is 8. The lowest BCUT2D eigenvalue weighted by molar-refractivity contribution is -0.0991. The zero-order chi connectivity index (χ0) is 40.0. The molecule has 4 atom stereocenters. The Hall–Kier alpha value is -6.30. The third-order valence-corrected chi connectivity index (χ3v) is 11.5. The van der Waals surface area contributed by atoms with Crippen LogP contribution in [-0.2, 0) is 26.4 Å². The normalized spacial score (nSPS) is 18.3. The summed E-state index contributed by atoms with van der Waals surface area (Å²) in [5, 5.41) is 19.0. The SMILES string of the molecule is COc1ccc(C(OC[C@H]2O[C@@H](n3ccc(=O)[nH]c3=O)[C@H](OCc3ccc4ccc5ccc(C)c6ccc3c4c56)[C@@H]2O)(c2ccccc2)c2ccc(OC)cc2)cc1. The minimum Gasteiger partial charge on any atom is -0.497 e. The van der Waals surface area contributed by atoms with Crippen molar-refractivity contribution in [2.24, 2.45) is 0 Å². The van der Waals surface area contributed by atoms with E-state index in [2.05, 4.69) is 54.4 Å². The Morgan fingerprint density at radius 1 is 0.707 bits per heavy atom. The van der Waals surface area contributed by atoms with Crippen molar-refractivity contribution in [2.75, 3.05) is 20.8 Å². The fourth-order valence-electron chi connectivity index (χ4n) is 8.49. The smallest absolute Gasteiger partial charge is 0.330 e. The van der Waals surface area contributed by atoms with Crippen molar-refractivity contribution in [1.82, 2.24) is 9.55 Å². The molecule has 0 amide bonds. The summed E-state index contributed by atoms with van der Waals surface area (Å²) in [4.78, 5) is 27.7. The van der Waals surface area contributed by atoms with E-state index in [9.17, 15) is 14.7 Å². The van der Waals surface area contributed by atoms with Crippen LogP contribution in [0.1, 0.15) is 34.0 Å². The zero-order valence-electron chi connectivity index (χ0n) is 32.3. The van der Waals surface area contributed by atoms with Crippen LogP contribution in [0.25, 0.3) is 32.3 Å². The van der Waals surface area contributed by atoms with Gasteiger partial charge in [-0.3, -0.25) is 14.3 Å². The number of aromatic nitrogens is 2. The molecule has 2 heterocycles. The van der Waals surface area contributed by atoms with Crippen molar-refractivity contribution >= 4 is 32.3 Å². The van der Waals surface area contributed by atoms with Gasteiger partial charge in [-0.25, -0.2) is 4.79 Å². The van der Waals surface area contributed by atoms with Crippen LogP contribution < -0.4 is 20.7 Å². The summed E-state index contributed by atoms with van der Waals surface area (Å²) in [5.74, 6) is 1.37. The first kappa shape index (κ1) is 37.3. The summed E-state index contributed by atoms with van der Waals surface area (Å²) in [5.41, 5.74) is 2.15. The van der Waals surface area contributed by atoms with Crippen molar-refractivity contribution in [3.05, 3.63) is 188 Å². The maximum Gasteiger partial charge on any atom is 0.330 e. The van der Waals surface area contributed by atoms with Gasteiger partial charge in [0.2, 0.25) is 0 Å². The summed E-state index contributed by atoms with van der Waals surface area (Å²) in [6.07, 6.45) is -2.96. The third-order valence-electron chi connectivity index (χ3n) is 11.5. The lowest BCUT2D eigenvalue weighted by atomic mass is 9.80. The molecule has 0 bridgehead atoms. The van der Waals surface area contributed by atoms with Gasteiger partial charge in [0.25, 0.3) is 5.56 Å². The first-order chi connectivity index (χ1) is 28.3. The van der Waals surface area contributed by atoms with Gasteiger partial charge in [0.05, 0.1) is 27.4 Å². The number of ether oxygens (including phenoxy) is 5. The van der Waals surface area contributed by atoms with Gasteiger partial charge in [-0.2, -0.15) is 0 Å². The van der Waals surface area contributed by atoms with E-state index in [0.29, 0.717) is 11.5 Å². The standard InChI is InChI=1S/C48H42N2O8/c1-29-9-10-30-11-12-31-13-14-32(39-24-23-38(29)42(30)43(31)39)27-56-45-44(52)40(58-46(45)50-26-25-41(51)49-47(50)53)28-57-48(33-7-5-4-6-8-33,34-15-19-36(54-2)20-16-34)35-17-21-37(55-3)22-18-35/h4-26,40,44-46,52H,27-28H2,1-3H3,(H,49,51,53)/t40-,44-,45-,46-/m1/s1. The molecule has 2 N–H and O–H groups in total. The molecule has 10 heteroatoms. The molecule has 0 unspecified atom stereocenters. The van der Waals surface area contributed by atoms with Gasteiger partial charge in [0, 0.05) is 12.3 Å². The van der Waals surface area contributed by atoms with E-state index >= 15 is 0 Å². The quantitative estimate of drug-likeness (QED) is 0.0962. The highest BCUT2D eigenvalue weighted by atomic mass is 16.6. The molecule has 292 valence electrons. The predicted molar refractivity (Wildman–Crippen MR) is 223 cm³/mol. The van der Waals surface area contributed by atoms with Crippen LogP contribution in [0.3, 0.4) is 0 Å². The largest absolute Gasteiger partial charge is 0.497 e. The topological polar surface area (TPSA) is 121 Å². The van der Waals surface area contributed by atoms with E-state index in [1.165, 1.54) is 33.2 Å². The average molecular weight is 775 g/mol. The molecule has 58 heavy (non-hydrogen) atoms. The molecule has 0 saturated carbocycles. The van der Waals surface area contributed by atoms with Crippen LogP contribution in [-0.4, -0.2) is 53.8 Å². The summed E-state index contributed by atoms with van der Waals surface area (Å²) in [7, 11) is 3.23. The first-order valence-electron chi connectivity index (χ1n) is 19.2. The number of methoxy groups -OCH3 is 2. The lowest BCUT2D eigenvalue weighted by Gasteiger charge is -2.37. The van der Waals surface area contributed by atoms with Gasteiger partial charge >= 0.3 is 5.69 Å². The Bertz CT molecular complexity index is 2790. The Morgan fingerprint density at radius 2 is 1.29 bits per heavy atom. The summed E-state index contributed by atoms with van der Waals surface area (Å²) >= 11 is 0. The molecule has 8 aromatic rings. The van der Waals surface area contributed by atoms with Gasteiger partial charge in [0.15, 0.2) is 6.23 Å². The van der Waals surface area contributed by atoms with E-state index in [-0.39, 0.29) is 13.2 Å². The monoisotopic (exact) mass is 774 g/mol. The van der Waals surface area contributed by atoms with Gasteiger partial charge in [-0.05, 0) is 91.3 Å². The van der Waals surface area contributed by atoms with Crippen molar-refractivity contribution in [1.29, 1.82) is 0 Å². The van der Waals surface area contributed by atoms with Crippen LogP contribution in [0.4, 0.5) is 0 Å². The number of benzene rings is 7. The number of nitrogens with one attached hydrogen (secondary N) is 1. The Kier molecular flexibility index (Phi) is 9.79. The predicted octanol–water partition coefficient (Wildman–Crippen LogP) is 7.61. The molecule has 0 spiro atoms. The van der Waals surface area contributed by atoms with E-state index in [0.717, 1.165) is 43.8 Å². The highest BCUT2D eigenvalue weighted by Gasteiger charge is 2.48. The Morgan fingerprint density at radius 3 is 1.93 bits per heavy atom. The number of hydrogen-bond donors (Lipinski definition) is 2. The fraction of sp³-hybridized carbons (Fsp3) is 0.208. The van der Waals surface area contributed by atoms with Gasteiger partial charge in [-0.1, -0.05) is 103 Å². The van der Waals surface area contributed by atoms with Crippen molar-refractivity contribution in [2.45, 2.75) is 43.7 Å². The molecule has 1 aliphatic rings. The minimum absolute atomic E-state index is 0.110. The molecule has 0 radical (unpaired) electrons. The first-order valence-corrected chi connectivity index (χ1v) is 19.2. The van der Waals surface area contributed by atoms with E-state index in [4.69, 9.17) is 23.7 Å². The molecule has 1 aliphatic heterocycles. The Labute approximate surface area is 334 Å². The summed E-state index contributed by atoms with van der Waals surface area (Å²) < 4.78 is 32.5. The second-order valence-electron chi connectivity index (χ2n) is 14.7. The lowest BCUT2D eigenvalue weighted by Crippen LogP contribution is -2.41. The molecule has 9 rings (SSSR count). The van der Waals surface area contributed by atoms with E-state index < -0.39 is 41.4 Å². The second kappa shape index (κ2) is 15.2. The van der Waals surface area contributed by atoms with Crippen molar-refractivity contribution in [3.8, 4) is 11.5 Å². The van der Waals surface area contributed by atoms with E-state index in [1.807, 2.05) is 84.9 Å². The molecule has 1 saturated heterocycles. The highest BCUT2D eigenvalue weighted by molar-refractivity contribution is 6.24. The summed E-state index contributed by atoms with van der Waals surface area (Å²) in [6.45, 7) is 2.13. The number of nitrogens with zero attached hydrogens (tertiary/aromatic N) is 1. The number of aliphatic hydroxyl groups excluding tert-OH is 1. The average Bonchev–Trinajstić information content (AvgIpc) is 3.57. The van der Waals surface area contributed by atoms with Crippen molar-refractivity contribution in [3.63, 3.8) is 0 Å². The molecular weight excluding hydrogens is 733 g/mol. The van der Waals surface area contributed by atoms with Crippen LogP contribution in [0.15, 0.2) is 149 Å². The summed E-state index contributed by atoms with van der Waals surface area (Å²) in [6, 6.07) is 43.4. The number of rotatable bonds is 12. The maximum absolute atomic E-state index is 13.3. The number of aryl methyl sites for hydroxylation is 1. The van der Waals surface area contributed by atoms with Crippen LogP contribution in [0.5, 0.6) is 11.5 Å². The van der Waals surface area contributed by atoms with Gasteiger partial charge in [0.1, 0.15) is 35.4 Å². The molecule has 7 aromatic carbocycles. The molecule has 0 aliphatic carbocycles. The fourth-order valence-corrected chi connectivity index (χ4v) is 8.49. The van der Waals surface area contributed by atoms with Gasteiger partial charge < -0.3 is 28.8 Å². The van der Waals surface area contributed by atoms with Crippen LogP contribution in [0, 0.1) is 6.92 Å². The van der Waals surface area contributed by atoms with Crippen LogP contribution >= 0.6 is 0 Å². The van der Waals surface area contributed by atoms with E-state index in [1.54, 1.807) is 14.2 Å². The molecular formula is C48H42N2O8. The number of H-pyrrole nitrogens is 1. The maximum atomic E-state index is 13.3. The third kappa shape index (κ3) is 6.40. The van der Waals surface area contributed by atoms with Crippen LogP contribution in [0.2, 0.25) is 0 Å². The highest BCUT2D eigenvalue weighted by Crippen LogP contribution is 2.44. The molecule has 1 fully saturated rings. The minimum atomic E-state index is -1.24. The number of aromatic amines is 1.